The molecule has 50 valence electrons. The Balaban J connectivity index is 3.16. The molecule has 0 aromatic rings. The van der Waals surface area contributed by atoms with Gasteiger partial charge in [0.15, 0.2) is 0 Å². The van der Waals surface area contributed by atoms with E-state index in [9.17, 15) is 0 Å². The Morgan fingerprint density at radius 2 is 1.62 bits per heavy atom. The molecule has 0 rings (SSSR count). The van der Waals surface area contributed by atoms with E-state index in [4.69, 9.17) is 0 Å². The number of halogens is 2. The smallest absolute Gasteiger partial charge is 0.0457 e. The van der Waals surface area contributed by atoms with Crippen LogP contribution < -0.4 is 0 Å². The number of nitrogens with zero attached hydrogens (tertiary/aromatic N) is 1. The summed E-state index contributed by atoms with van der Waals surface area (Å²) in [5.41, 5.74) is 0. The molecule has 0 bridgehead atoms. The molecule has 0 aromatic heterocycles. The van der Waals surface area contributed by atoms with Gasteiger partial charge < -0.3 is 0 Å². The number of rotatable bonds is 4. The predicted molar refractivity (Wildman–Crippen MR) is 59.8 cm³/mol. The van der Waals surface area contributed by atoms with Crippen molar-refractivity contribution < 1.29 is 0 Å². The SMILES string of the molecule is C=ICN(C)CI=C. The highest BCUT2D eigenvalue weighted by Crippen LogP contribution is 2.00. The molecule has 0 amide bonds. The van der Waals surface area contributed by atoms with Crippen LogP contribution in [0.5, 0.6) is 0 Å². The fourth-order valence-electron chi connectivity index (χ4n) is 0.320. The molecule has 0 heterocycles. The molecule has 0 atom stereocenters. The van der Waals surface area contributed by atoms with Gasteiger partial charge in [-0.15, -0.1) is 41.5 Å². The van der Waals surface area contributed by atoms with Crippen LogP contribution in [0.1, 0.15) is 0 Å². The van der Waals surface area contributed by atoms with E-state index >= 15 is 0 Å². The number of hydrogen-bond acceptors (Lipinski definition) is 1. The topological polar surface area (TPSA) is 3.24 Å². The van der Waals surface area contributed by atoms with E-state index in [1.807, 2.05) is 0 Å². The zero-order valence-electron chi connectivity index (χ0n) is 5.03. The monoisotopic (exact) mass is 339 g/mol. The molecule has 0 spiro atoms. The van der Waals surface area contributed by atoms with Gasteiger partial charge in [0.05, 0.1) is 0 Å². The molecule has 0 aromatic carbocycles. The van der Waals surface area contributed by atoms with Crippen LogP contribution in [0, 0.1) is 0 Å². The van der Waals surface area contributed by atoms with Gasteiger partial charge in [-0.05, 0) is 7.05 Å². The van der Waals surface area contributed by atoms with Crippen molar-refractivity contribution in [3.8, 4) is 0 Å². The van der Waals surface area contributed by atoms with Gasteiger partial charge in [-0.25, -0.2) is 0 Å². The molecule has 0 saturated heterocycles. The first-order chi connectivity index (χ1) is 3.81. The summed E-state index contributed by atoms with van der Waals surface area (Å²) in [5.74, 6) is 0. The summed E-state index contributed by atoms with van der Waals surface area (Å²) in [5, 5.41) is 0. The van der Waals surface area contributed by atoms with Crippen molar-refractivity contribution in [2.45, 2.75) is 0 Å². The maximum atomic E-state index is 3.87. The summed E-state index contributed by atoms with van der Waals surface area (Å²) < 4.78 is 10.2. The van der Waals surface area contributed by atoms with Gasteiger partial charge >= 0.3 is 0 Å². The lowest BCUT2D eigenvalue weighted by Gasteiger charge is -2.07. The summed E-state index contributed by atoms with van der Waals surface area (Å²) in [6.45, 7) is 0. The lowest BCUT2D eigenvalue weighted by molar-refractivity contribution is 0.487. The second-order valence-electron chi connectivity index (χ2n) is 1.47. The molecule has 0 aliphatic carbocycles. The second-order valence-corrected chi connectivity index (χ2v) is 5.00. The first-order valence-electron chi connectivity index (χ1n) is 2.15. The number of hydrogen-bond donors (Lipinski definition) is 0. The Morgan fingerprint density at radius 3 is 1.88 bits per heavy atom. The van der Waals surface area contributed by atoms with Crippen LogP contribution in [-0.4, -0.2) is 30.1 Å². The molecule has 0 aliphatic rings. The molecular formula is C5H11I2N. The highest BCUT2D eigenvalue weighted by molar-refractivity contribution is 14.2. The maximum absolute atomic E-state index is 3.87. The third-order valence-corrected chi connectivity index (χ3v) is 3.87. The molecule has 0 saturated carbocycles. The molecule has 8 heavy (non-hydrogen) atoms. The Morgan fingerprint density at radius 1 is 1.25 bits per heavy atom. The van der Waals surface area contributed by atoms with E-state index in [1.165, 1.54) is 9.10 Å². The van der Waals surface area contributed by atoms with Gasteiger partial charge in [0.2, 0.25) is 0 Å². The normalized spacial score (nSPS) is 10.2. The molecule has 0 aliphatic heterocycles. The quantitative estimate of drug-likeness (QED) is 0.428. The highest BCUT2D eigenvalue weighted by Gasteiger charge is 1.87. The fraction of sp³-hybridized carbons (Fsp3) is 0.600. The van der Waals surface area contributed by atoms with E-state index in [2.05, 4.69) is 21.0 Å². The zero-order chi connectivity index (χ0) is 6.41. The molecule has 0 N–H and O–H groups in total. The minimum Gasteiger partial charge on any atom is -0.289 e. The van der Waals surface area contributed by atoms with Crippen molar-refractivity contribution in [3.63, 3.8) is 0 Å². The van der Waals surface area contributed by atoms with Gasteiger partial charge in [0.1, 0.15) is 0 Å². The first-order valence-corrected chi connectivity index (χ1v) is 8.25. The molecule has 0 radical (unpaired) electrons. The summed E-state index contributed by atoms with van der Waals surface area (Å²) in [6, 6.07) is 0. The van der Waals surface area contributed by atoms with Crippen LogP contribution in [0.3, 0.4) is 0 Å². The molecule has 1 nitrogen and oxygen atoms in total. The average molecular weight is 339 g/mol. The summed E-state index contributed by atoms with van der Waals surface area (Å²) in [4.78, 5) is 2.33. The van der Waals surface area contributed by atoms with Crippen molar-refractivity contribution in [2.75, 3.05) is 16.2 Å². The molecule has 3 heteroatoms. The van der Waals surface area contributed by atoms with Crippen LogP contribution in [0.15, 0.2) is 0 Å². The minimum atomic E-state index is 0.220. The minimum absolute atomic E-state index is 0.220. The van der Waals surface area contributed by atoms with Crippen LogP contribution in [0.4, 0.5) is 0 Å². The number of alkyl halides is 2. The van der Waals surface area contributed by atoms with E-state index < -0.39 is 0 Å². The molecule has 0 fully saturated rings. The Hall–Kier alpha value is 1.16. The van der Waals surface area contributed by atoms with Crippen LogP contribution in [0.25, 0.3) is 0 Å². The lowest BCUT2D eigenvalue weighted by Crippen LogP contribution is -2.12. The van der Waals surface area contributed by atoms with Gasteiger partial charge in [-0.1, -0.05) is 9.03 Å². The average Bonchev–Trinajstić information content (AvgIpc) is 1.68. The standard InChI is InChI=1S/C5H11I2N/c1-6-4-8(3)5-7-2/h1-2,4-5H2,3H3. The van der Waals surface area contributed by atoms with E-state index in [-0.39, 0.29) is 41.5 Å². The van der Waals surface area contributed by atoms with Crippen molar-refractivity contribution in [1.29, 1.82) is 0 Å². The Bertz CT molecular complexity index is 72.5. The Kier molecular flexibility index (Phi) is 7.19. The molecule has 0 unspecified atom stereocenters. The summed E-state index contributed by atoms with van der Waals surface area (Å²) in [6.07, 6.45) is 0. The summed E-state index contributed by atoms with van der Waals surface area (Å²) in [7, 11) is 2.15. The second kappa shape index (κ2) is 6.28. The van der Waals surface area contributed by atoms with Gasteiger partial charge in [0, 0.05) is 9.10 Å². The predicted octanol–water partition coefficient (Wildman–Crippen LogP) is 1.64. The highest BCUT2D eigenvalue weighted by atomic mass is 127. The van der Waals surface area contributed by atoms with E-state index in [1.54, 1.807) is 0 Å². The largest absolute Gasteiger partial charge is 0.289 e. The molecular weight excluding hydrogens is 328 g/mol. The lowest BCUT2D eigenvalue weighted by atomic mass is 11.0. The van der Waals surface area contributed by atoms with Crippen LogP contribution >= 0.6 is 41.5 Å². The first kappa shape index (κ1) is 9.16. The van der Waals surface area contributed by atoms with Crippen LogP contribution in [-0.2, 0) is 0 Å². The van der Waals surface area contributed by atoms with Crippen molar-refractivity contribution in [1.82, 2.24) is 4.90 Å². The van der Waals surface area contributed by atoms with Crippen LogP contribution in [0.2, 0.25) is 0 Å². The van der Waals surface area contributed by atoms with Crippen molar-refractivity contribution in [3.05, 3.63) is 0 Å². The van der Waals surface area contributed by atoms with Gasteiger partial charge in [-0.3, -0.25) is 4.90 Å². The van der Waals surface area contributed by atoms with Gasteiger partial charge in [-0.2, -0.15) is 0 Å². The van der Waals surface area contributed by atoms with E-state index in [0.717, 1.165) is 0 Å². The summed E-state index contributed by atoms with van der Waals surface area (Å²) >= 11 is 0.441. The van der Waals surface area contributed by atoms with E-state index in [0.29, 0.717) is 0 Å². The van der Waals surface area contributed by atoms with Gasteiger partial charge in [0.25, 0.3) is 0 Å². The third-order valence-electron chi connectivity index (χ3n) is 0.577. The third kappa shape index (κ3) is 5.30. The maximum Gasteiger partial charge on any atom is 0.0457 e. The zero-order valence-corrected chi connectivity index (χ0v) is 9.35. The van der Waals surface area contributed by atoms with Crippen molar-refractivity contribution >= 4 is 50.5 Å². The fourth-order valence-corrected chi connectivity index (χ4v) is 3.37. The Labute approximate surface area is 70.9 Å². The van der Waals surface area contributed by atoms with Crippen molar-refractivity contribution in [2.24, 2.45) is 0 Å².